The van der Waals surface area contributed by atoms with Gasteiger partial charge in [-0.05, 0) is 49.9 Å². The molecule has 0 radical (unpaired) electrons. The smallest absolute Gasteiger partial charge is 0.330 e. The minimum atomic E-state index is -1.38. The molecule has 246 valence electrons. The molecule has 0 bridgehead atoms. The molecule has 2 fully saturated rings. The summed E-state index contributed by atoms with van der Waals surface area (Å²) in [7, 11) is 0. The lowest BCUT2D eigenvalue weighted by atomic mass is 10.0. The fraction of sp³-hybridized carbons (Fsp3) is 0.342. The topological polar surface area (TPSA) is 134 Å². The summed E-state index contributed by atoms with van der Waals surface area (Å²) in [5.41, 5.74) is 0.988. The van der Waals surface area contributed by atoms with Crippen LogP contribution in [0.5, 0.6) is 5.88 Å². The van der Waals surface area contributed by atoms with Gasteiger partial charge in [0.05, 0.1) is 17.4 Å². The van der Waals surface area contributed by atoms with Crippen LogP contribution in [-0.4, -0.2) is 68.0 Å². The number of nitrogens with one attached hydrogen (secondary N) is 2. The number of fused-ring (bicyclic) bond motifs is 3. The molecule has 10 heteroatoms. The van der Waals surface area contributed by atoms with Crippen molar-refractivity contribution in [1.29, 1.82) is 0 Å². The lowest BCUT2D eigenvalue weighted by Crippen LogP contribution is -2.55. The van der Waals surface area contributed by atoms with Crippen molar-refractivity contribution in [1.82, 2.24) is 20.2 Å². The average Bonchev–Trinajstić information content (AvgIpc) is 3.64. The van der Waals surface area contributed by atoms with E-state index >= 15 is 0 Å². The predicted molar refractivity (Wildman–Crippen MR) is 182 cm³/mol. The third kappa shape index (κ3) is 6.47. The number of carboxylic acid groups (broad SMARTS) is 1. The number of carbonyl (C=O) groups excluding carboxylic acids is 2. The van der Waals surface area contributed by atoms with E-state index in [4.69, 9.17) is 14.7 Å². The Morgan fingerprint density at radius 3 is 2.48 bits per heavy atom. The number of allylic oxidation sites excluding steroid dienone is 1. The average molecular weight is 646 g/mol. The first-order chi connectivity index (χ1) is 23.4. The predicted octanol–water partition coefficient (Wildman–Crippen LogP) is 5.61. The Labute approximate surface area is 279 Å². The molecular formula is C38H39N5O5. The number of anilines is 1. The number of benzene rings is 3. The molecule has 1 saturated carbocycles. The molecule has 10 nitrogen and oxygen atoms in total. The molecular weight excluding hydrogens is 606 g/mol. The number of carboxylic acids is 1. The van der Waals surface area contributed by atoms with Crippen molar-refractivity contribution in [2.24, 2.45) is 5.92 Å². The van der Waals surface area contributed by atoms with Gasteiger partial charge in [0.25, 0.3) is 0 Å². The number of ether oxygens (including phenoxy) is 1. The highest BCUT2D eigenvalue weighted by Crippen LogP contribution is 2.45. The summed E-state index contributed by atoms with van der Waals surface area (Å²) in [4.78, 5) is 52.1. The first-order valence-corrected chi connectivity index (χ1v) is 16.7. The maximum atomic E-state index is 14.4. The number of aromatic nitrogens is 2. The van der Waals surface area contributed by atoms with Crippen LogP contribution < -0.4 is 15.4 Å². The zero-order valence-electron chi connectivity index (χ0n) is 26.6. The van der Waals surface area contributed by atoms with E-state index in [1.54, 1.807) is 4.90 Å². The Morgan fingerprint density at radius 2 is 1.69 bits per heavy atom. The molecule has 3 aliphatic rings. The van der Waals surface area contributed by atoms with Gasteiger partial charge in [0, 0.05) is 23.6 Å². The van der Waals surface area contributed by atoms with Crippen LogP contribution in [0.15, 0.2) is 97.1 Å². The molecule has 1 aromatic heterocycles. The molecule has 5 atom stereocenters. The summed E-state index contributed by atoms with van der Waals surface area (Å²) in [5.74, 6) is -1.19. The van der Waals surface area contributed by atoms with Gasteiger partial charge in [0.1, 0.15) is 23.7 Å². The number of hydrogen-bond acceptors (Lipinski definition) is 7. The van der Waals surface area contributed by atoms with E-state index in [2.05, 4.69) is 10.6 Å². The highest BCUT2D eigenvalue weighted by molar-refractivity contribution is 5.96. The molecule has 4 aromatic rings. The SMILES string of the molecule is O=C1N[C@]2(C(=O)O)C[C@H]2C=CCCCCC[C@H](Nc2ccccc2)C(=O)N2C[C@H](Oc3nc(-c4ccccc4)nc4ccccc34)C[C@@H]12. The Kier molecular flexibility index (Phi) is 8.80. The number of rotatable bonds is 6. The molecule has 3 aromatic carbocycles. The first-order valence-electron chi connectivity index (χ1n) is 16.7. The van der Waals surface area contributed by atoms with Crippen molar-refractivity contribution in [2.45, 2.75) is 68.7 Å². The van der Waals surface area contributed by atoms with Crippen molar-refractivity contribution >= 4 is 34.4 Å². The van der Waals surface area contributed by atoms with E-state index in [1.807, 2.05) is 97.1 Å². The number of para-hydroxylation sites is 2. The van der Waals surface area contributed by atoms with Crippen molar-refractivity contribution in [3.05, 3.63) is 97.1 Å². The first kappa shape index (κ1) is 31.4. The normalized spacial score (nSPS) is 26.0. The molecule has 2 amide bonds. The highest BCUT2D eigenvalue weighted by Gasteiger charge is 2.61. The lowest BCUT2D eigenvalue weighted by molar-refractivity contribution is -0.145. The van der Waals surface area contributed by atoms with Crippen LogP contribution in [0.3, 0.4) is 0 Å². The molecule has 0 unspecified atom stereocenters. The third-order valence-electron chi connectivity index (χ3n) is 9.61. The van der Waals surface area contributed by atoms with E-state index in [-0.39, 0.29) is 24.8 Å². The van der Waals surface area contributed by atoms with Crippen LogP contribution >= 0.6 is 0 Å². The zero-order chi connectivity index (χ0) is 33.1. The van der Waals surface area contributed by atoms with Crippen molar-refractivity contribution in [3.63, 3.8) is 0 Å². The van der Waals surface area contributed by atoms with Crippen LogP contribution in [0.25, 0.3) is 22.3 Å². The fourth-order valence-electron chi connectivity index (χ4n) is 6.89. The van der Waals surface area contributed by atoms with Gasteiger partial charge in [-0.25, -0.2) is 9.78 Å². The van der Waals surface area contributed by atoms with Gasteiger partial charge in [0.2, 0.25) is 17.7 Å². The number of hydrogen-bond donors (Lipinski definition) is 3. The minimum absolute atomic E-state index is 0.145. The highest BCUT2D eigenvalue weighted by atomic mass is 16.5. The Bertz CT molecular complexity index is 1830. The summed E-state index contributed by atoms with van der Waals surface area (Å²) in [5, 5.41) is 17.2. The summed E-state index contributed by atoms with van der Waals surface area (Å²) < 4.78 is 6.58. The number of carbonyl (C=O) groups is 3. The second-order valence-corrected chi connectivity index (χ2v) is 12.9. The minimum Gasteiger partial charge on any atom is -0.479 e. The standard InChI is InChI=1S/C38H39N5O5/c44-34-32-22-28(48-35-29-19-12-13-20-30(29)40-33(41-35)25-14-6-4-7-15-25)24-43(32)36(45)31(39-27-17-9-5-10-18-27)21-11-3-1-2-8-16-26-23-38(26,42-34)37(46)47/h4-10,12-20,26,28,31-32,39H,1-3,11,21-24H2,(H,42,44)(H,46,47)/t26-,28-,31+,32+,38-/m1/s1. The fourth-order valence-corrected chi connectivity index (χ4v) is 6.89. The largest absolute Gasteiger partial charge is 0.479 e. The van der Waals surface area contributed by atoms with E-state index in [9.17, 15) is 19.5 Å². The van der Waals surface area contributed by atoms with Gasteiger partial charge in [-0.2, -0.15) is 4.98 Å². The van der Waals surface area contributed by atoms with Crippen LogP contribution in [0.1, 0.15) is 44.9 Å². The molecule has 7 rings (SSSR count). The van der Waals surface area contributed by atoms with E-state index in [0.29, 0.717) is 30.1 Å². The van der Waals surface area contributed by atoms with Gasteiger partial charge in [0.15, 0.2) is 5.82 Å². The molecule has 1 saturated heterocycles. The van der Waals surface area contributed by atoms with Crippen LogP contribution in [0.2, 0.25) is 0 Å². The Morgan fingerprint density at radius 1 is 0.938 bits per heavy atom. The molecule has 0 spiro atoms. The van der Waals surface area contributed by atoms with Crippen LogP contribution in [-0.2, 0) is 14.4 Å². The summed E-state index contributed by atoms with van der Waals surface area (Å²) >= 11 is 0. The second-order valence-electron chi connectivity index (χ2n) is 12.9. The maximum Gasteiger partial charge on any atom is 0.330 e. The maximum absolute atomic E-state index is 14.4. The number of nitrogens with zero attached hydrogens (tertiary/aromatic N) is 3. The molecule has 48 heavy (non-hydrogen) atoms. The Hall–Kier alpha value is -5.25. The van der Waals surface area contributed by atoms with Crippen molar-refractivity contribution in [3.8, 4) is 17.3 Å². The van der Waals surface area contributed by atoms with Crippen molar-refractivity contribution in [2.75, 3.05) is 11.9 Å². The van der Waals surface area contributed by atoms with Crippen LogP contribution in [0.4, 0.5) is 5.69 Å². The summed E-state index contributed by atoms with van der Waals surface area (Å²) in [6, 6.07) is 25.3. The zero-order valence-corrected chi connectivity index (χ0v) is 26.6. The van der Waals surface area contributed by atoms with E-state index < -0.39 is 35.6 Å². The van der Waals surface area contributed by atoms with Crippen LogP contribution in [0, 0.1) is 5.92 Å². The molecule has 1 aliphatic carbocycles. The summed E-state index contributed by atoms with van der Waals surface area (Å²) in [6.07, 6.45) is 7.97. The van der Waals surface area contributed by atoms with Gasteiger partial charge in [-0.1, -0.05) is 85.7 Å². The molecule has 3 heterocycles. The third-order valence-corrected chi connectivity index (χ3v) is 9.61. The van der Waals surface area contributed by atoms with Gasteiger partial charge >= 0.3 is 5.97 Å². The number of aliphatic carboxylic acids is 1. The summed E-state index contributed by atoms with van der Waals surface area (Å²) in [6.45, 7) is 0.145. The van der Waals surface area contributed by atoms with E-state index in [0.717, 1.165) is 42.3 Å². The molecule has 2 aliphatic heterocycles. The molecule has 3 N–H and O–H groups in total. The van der Waals surface area contributed by atoms with Crippen molar-refractivity contribution < 1.29 is 24.2 Å². The van der Waals surface area contributed by atoms with Gasteiger partial charge in [-0.15, -0.1) is 0 Å². The van der Waals surface area contributed by atoms with E-state index in [1.165, 1.54) is 0 Å². The second kappa shape index (κ2) is 13.5. The lowest BCUT2D eigenvalue weighted by Gasteiger charge is -2.30. The van der Waals surface area contributed by atoms with Gasteiger partial charge < -0.3 is 25.4 Å². The number of amides is 2. The Balaban J connectivity index is 1.22. The quantitative estimate of drug-likeness (QED) is 0.231. The monoisotopic (exact) mass is 645 g/mol. The van der Waals surface area contributed by atoms with Gasteiger partial charge in [-0.3, -0.25) is 9.59 Å².